The van der Waals surface area contributed by atoms with Gasteiger partial charge in [0.05, 0.1) is 15.5 Å². The van der Waals surface area contributed by atoms with Crippen LogP contribution in [-0.4, -0.2) is 8.66 Å². The van der Waals surface area contributed by atoms with Crippen LogP contribution < -0.4 is 0 Å². The molecule has 1 rings (SSSR count). The lowest BCUT2D eigenvalue weighted by molar-refractivity contribution is -0.284. The van der Waals surface area contributed by atoms with Crippen molar-refractivity contribution in [3.63, 3.8) is 0 Å². The Kier molecular flexibility index (Phi) is 4.19. The van der Waals surface area contributed by atoms with Gasteiger partial charge < -0.3 is 0 Å². The van der Waals surface area contributed by atoms with Crippen molar-refractivity contribution >= 4 is 29.6 Å². The van der Waals surface area contributed by atoms with Crippen LogP contribution in [0, 0.1) is 25.8 Å². The average Bonchev–Trinajstić information content (AvgIpc) is 2.14. The number of rotatable bonds is 5. The highest BCUT2D eigenvalue weighted by Crippen LogP contribution is 2.30. The maximum Gasteiger partial charge on any atom is 0.265 e. The summed E-state index contributed by atoms with van der Waals surface area (Å²) in [6, 6.07) is 3.92. The van der Waals surface area contributed by atoms with Gasteiger partial charge in [0, 0.05) is 0 Å². The molecule has 84 valence electrons. The Hall–Kier alpha value is -1.68. The van der Waals surface area contributed by atoms with Crippen LogP contribution in [0.15, 0.2) is 33.1 Å². The summed E-state index contributed by atoms with van der Waals surface area (Å²) in [5.41, 5.74) is 6.90. The van der Waals surface area contributed by atoms with E-state index in [9.17, 15) is 20.2 Å². The Morgan fingerprint density at radius 2 is 1.50 bits per heavy atom. The van der Waals surface area contributed by atoms with Gasteiger partial charge in [-0.3, -0.25) is 20.2 Å². The molecule has 0 aliphatic rings. The van der Waals surface area contributed by atoms with Gasteiger partial charge in [-0.05, 0) is 18.2 Å². The molecule has 1 aromatic carbocycles. The first-order chi connectivity index (χ1) is 7.51. The van der Waals surface area contributed by atoms with E-state index in [0.717, 1.165) is 0 Å². The third kappa shape index (κ3) is 3.82. The van der Waals surface area contributed by atoms with Gasteiger partial charge in [-0.1, -0.05) is 0 Å². The highest BCUT2D eigenvalue weighted by atomic mass is 32.2. The summed E-state index contributed by atoms with van der Waals surface area (Å²) >= 11 is 0.624. The summed E-state index contributed by atoms with van der Waals surface area (Å²) in [6.07, 6.45) is 0. The Morgan fingerprint density at radius 3 is 1.81 bits per heavy atom. The van der Waals surface area contributed by atoms with E-state index >= 15 is 0 Å². The zero-order chi connectivity index (χ0) is 12.1. The zero-order valence-corrected chi connectivity index (χ0v) is 9.16. The topological polar surface area (TPSA) is 122 Å². The van der Waals surface area contributed by atoms with Crippen molar-refractivity contribution in [2.45, 2.75) is 9.79 Å². The number of benzene rings is 1. The van der Waals surface area contributed by atoms with Crippen molar-refractivity contribution < 1.29 is 8.66 Å². The first-order valence-corrected chi connectivity index (χ1v) is 5.23. The molecule has 8 nitrogen and oxygen atoms in total. The minimum atomic E-state index is -0.635. The van der Waals surface area contributed by atoms with Gasteiger partial charge in [0.15, 0.2) is 0 Å². The molecule has 0 fully saturated rings. The predicted molar refractivity (Wildman–Crippen MR) is 57.0 cm³/mol. The van der Waals surface area contributed by atoms with Gasteiger partial charge in [-0.25, -0.2) is 5.53 Å². The highest BCUT2D eigenvalue weighted by molar-refractivity contribution is 7.94. The normalized spacial score (nSPS) is 9.75. The summed E-state index contributed by atoms with van der Waals surface area (Å²) in [6.45, 7) is 0. The summed E-state index contributed by atoms with van der Waals surface area (Å²) in [4.78, 5) is 20.9. The van der Waals surface area contributed by atoms with E-state index in [2.05, 4.69) is 5.11 Å². The molecule has 0 atom stereocenters. The minimum absolute atomic E-state index is 0.135. The molecule has 0 saturated heterocycles. The lowest BCUT2D eigenvalue weighted by atomic mass is 10.3. The van der Waals surface area contributed by atoms with E-state index < -0.39 is 8.66 Å². The van der Waals surface area contributed by atoms with E-state index in [4.69, 9.17) is 5.53 Å². The first-order valence-electron chi connectivity index (χ1n) is 3.68. The monoisotopic (exact) mass is 260 g/mol. The molecule has 10 heteroatoms. The summed E-state index contributed by atoms with van der Waals surface area (Å²) < 4.78 is -1.27. The molecule has 0 aromatic heterocycles. The van der Waals surface area contributed by atoms with E-state index in [1.807, 2.05) is 0 Å². The average molecular weight is 260 g/mol. The van der Waals surface area contributed by atoms with Crippen LogP contribution >= 0.6 is 23.9 Å². The number of nitrogens with one attached hydrogen (secondary N) is 1. The van der Waals surface area contributed by atoms with Crippen molar-refractivity contribution in [1.29, 1.82) is 5.53 Å². The van der Waals surface area contributed by atoms with Crippen LogP contribution in [0.25, 0.3) is 0 Å². The number of nitrogens with zero attached hydrogens (tertiary/aromatic N) is 3. The smallest absolute Gasteiger partial charge is 0.250 e. The molecule has 16 heavy (non-hydrogen) atoms. The Balaban J connectivity index is 3.04. The van der Waals surface area contributed by atoms with Crippen molar-refractivity contribution in [3.8, 4) is 0 Å². The second-order valence-corrected chi connectivity index (χ2v) is 4.31. The quantitative estimate of drug-likeness (QED) is 0.375. The van der Waals surface area contributed by atoms with Crippen LogP contribution in [0.4, 0.5) is 5.69 Å². The van der Waals surface area contributed by atoms with Crippen molar-refractivity contribution in [3.05, 3.63) is 38.4 Å². The second-order valence-electron chi connectivity index (χ2n) is 2.40. The van der Waals surface area contributed by atoms with Gasteiger partial charge in [-0.2, -0.15) is 5.11 Å². The minimum Gasteiger partial charge on any atom is -0.250 e. The third-order valence-electron chi connectivity index (χ3n) is 1.35. The van der Waals surface area contributed by atoms with Crippen molar-refractivity contribution in [1.82, 2.24) is 0 Å². The first kappa shape index (κ1) is 12.4. The molecule has 0 aliphatic heterocycles. The SMILES string of the molecule is N=Nc1cc(S[N+](=O)[O-])cc(S[N+](=O)[O-])c1. The maximum absolute atomic E-state index is 10.3. The van der Waals surface area contributed by atoms with E-state index in [1.165, 1.54) is 18.2 Å². The lowest BCUT2D eigenvalue weighted by Crippen LogP contribution is -1.86. The fourth-order valence-electron chi connectivity index (χ4n) is 0.899. The zero-order valence-electron chi connectivity index (χ0n) is 7.52. The van der Waals surface area contributed by atoms with Crippen LogP contribution in [-0.2, 0) is 0 Å². The molecule has 0 unspecified atom stereocenters. The largest absolute Gasteiger partial charge is 0.265 e. The van der Waals surface area contributed by atoms with Crippen molar-refractivity contribution in [2.75, 3.05) is 0 Å². The van der Waals surface area contributed by atoms with Gasteiger partial charge in [0.1, 0.15) is 8.66 Å². The van der Waals surface area contributed by atoms with E-state index in [0.29, 0.717) is 23.9 Å². The van der Waals surface area contributed by atoms with Crippen molar-refractivity contribution in [2.24, 2.45) is 5.11 Å². The number of nitro groups is 2. The fraction of sp³-hybridized carbons (Fsp3) is 0. The maximum atomic E-state index is 10.3. The molecule has 0 radical (unpaired) electrons. The second kappa shape index (κ2) is 5.42. The van der Waals surface area contributed by atoms with Gasteiger partial charge >= 0.3 is 0 Å². The third-order valence-corrected chi connectivity index (χ3v) is 2.54. The standard InChI is InChI=1S/C6H4N4O4S2/c7-8-4-1-5(15-9(11)12)3-6(2-4)16-10(13)14/h1-3,7H. The summed E-state index contributed by atoms with van der Waals surface area (Å²) in [7, 11) is 0. The molecular weight excluding hydrogens is 256 g/mol. The van der Waals surface area contributed by atoms with Gasteiger partial charge in [0.2, 0.25) is 0 Å². The lowest BCUT2D eigenvalue weighted by Gasteiger charge is -1.97. The van der Waals surface area contributed by atoms with E-state index in [1.54, 1.807) is 0 Å². The van der Waals surface area contributed by atoms with Gasteiger partial charge in [0.25, 0.3) is 23.9 Å². The molecule has 0 amide bonds. The summed E-state index contributed by atoms with van der Waals surface area (Å²) in [5.74, 6) is 0. The molecule has 1 N–H and O–H groups in total. The molecule has 0 spiro atoms. The van der Waals surface area contributed by atoms with Crippen LogP contribution in [0.5, 0.6) is 0 Å². The Morgan fingerprint density at radius 1 is 1.06 bits per heavy atom. The van der Waals surface area contributed by atoms with E-state index in [-0.39, 0.29) is 15.5 Å². The molecule has 0 aliphatic carbocycles. The molecule has 0 bridgehead atoms. The van der Waals surface area contributed by atoms with Gasteiger partial charge in [-0.15, -0.1) is 0 Å². The highest BCUT2D eigenvalue weighted by Gasteiger charge is 2.13. The summed E-state index contributed by atoms with van der Waals surface area (Å²) in [5, 5.41) is 23.6. The number of hydrogen-bond acceptors (Lipinski definition) is 8. The Bertz CT molecular complexity index is 418. The predicted octanol–water partition coefficient (Wildman–Crippen LogP) is 2.92. The van der Waals surface area contributed by atoms with Crippen LogP contribution in [0.3, 0.4) is 0 Å². The molecule has 0 saturated carbocycles. The fourth-order valence-corrected chi connectivity index (χ4v) is 2.02. The van der Waals surface area contributed by atoms with Crippen LogP contribution in [0.2, 0.25) is 0 Å². The Labute approximate surface area is 97.5 Å². The molecule has 1 aromatic rings. The van der Waals surface area contributed by atoms with Crippen LogP contribution in [0.1, 0.15) is 0 Å². The molecular formula is C6H4N4O4S2. The number of hydrogen-bond donors (Lipinski definition) is 1. The molecule has 0 heterocycles.